The molecule has 0 aromatic heterocycles. The maximum atomic E-state index is 12.2. The number of benzene rings is 2. The number of amidine groups is 1. The minimum atomic E-state index is -3.19. The van der Waals surface area contributed by atoms with Crippen molar-refractivity contribution >= 4 is 44.3 Å². The quantitative estimate of drug-likeness (QED) is 0.592. The molecule has 2 saturated heterocycles. The predicted octanol–water partition coefficient (Wildman–Crippen LogP) is 1.97. The van der Waals surface area contributed by atoms with E-state index < -0.39 is 34.9 Å². The normalized spacial score (nSPS) is 22.3. The minimum Gasteiger partial charge on any atom is -0.489 e. The second-order valence-corrected chi connectivity index (χ2v) is 11.0. The number of amides is 1. The highest BCUT2D eigenvalue weighted by atomic mass is 32.2. The Kier molecular flexibility index (Phi) is 7.01. The molecule has 2 heterocycles. The number of rotatable bonds is 8. The molecule has 11 heteroatoms. The number of carbonyl (C=O) groups is 2. The molecule has 1 amide bonds. The van der Waals surface area contributed by atoms with Crippen LogP contribution in [0.25, 0.3) is 0 Å². The maximum absolute atomic E-state index is 12.2. The van der Waals surface area contributed by atoms with Crippen LogP contribution in [-0.2, 0) is 30.8 Å². The number of thioether (sulfide) groups is 1. The van der Waals surface area contributed by atoms with Crippen molar-refractivity contribution in [1.29, 1.82) is 0 Å². The summed E-state index contributed by atoms with van der Waals surface area (Å²) in [7, 11) is -3.19. The fraction of sp³-hybridized carbons (Fsp3) is 0.318. The van der Waals surface area contributed by atoms with Gasteiger partial charge in [-0.15, -0.1) is 0 Å². The minimum absolute atomic E-state index is 0.0137. The van der Waals surface area contributed by atoms with E-state index in [9.17, 15) is 18.0 Å². The molecule has 0 bridgehead atoms. The number of hydrogen-bond acceptors (Lipinski definition) is 7. The molecule has 1 N–H and O–H groups in total. The number of nitrogens with zero attached hydrogens (tertiary/aromatic N) is 2. The van der Waals surface area contributed by atoms with Crippen LogP contribution in [0.3, 0.4) is 0 Å². The Morgan fingerprint density at radius 3 is 2.48 bits per heavy atom. The summed E-state index contributed by atoms with van der Waals surface area (Å²) in [6.07, 6.45) is 0. The fourth-order valence-electron chi connectivity index (χ4n) is 3.67. The number of hydrogen-bond donors (Lipinski definition) is 1. The van der Waals surface area contributed by atoms with Crippen LogP contribution in [0, 0.1) is 0 Å². The van der Waals surface area contributed by atoms with Gasteiger partial charge in [-0.2, -0.15) is 4.99 Å². The van der Waals surface area contributed by atoms with Gasteiger partial charge in [0.25, 0.3) is 5.91 Å². The summed E-state index contributed by atoms with van der Waals surface area (Å²) in [5.74, 6) is -1.17. The number of carboxylic acid groups (broad SMARTS) is 1. The van der Waals surface area contributed by atoms with E-state index >= 15 is 0 Å². The van der Waals surface area contributed by atoms with Crippen molar-refractivity contribution in [2.24, 2.45) is 4.99 Å². The summed E-state index contributed by atoms with van der Waals surface area (Å²) in [5.41, 5.74) is 1.73. The zero-order valence-electron chi connectivity index (χ0n) is 17.5. The first kappa shape index (κ1) is 23.3. The number of anilines is 1. The number of carbonyl (C=O) groups excluding carboxylic acids is 1. The van der Waals surface area contributed by atoms with E-state index in [4.69, 9.17) is 14.6 Å². The molecular weight excluding hydrogens is 468 g/mol. The molecule has 174 valence electrons. The lowest BCUT2D eigenvalue weighted by Gasteiger charge is -2.24. The van der Waals surface area contributed by atoms with Crippen LogP contribution in [0.5, 0.6) is 5.75 Å². The van der Waals surface area contributed by atoms with Gasteiger partial charge in [-0.3, -0.25) is 4.79 Å². The van der Waals surface area contributed by atoms with Gasteiger partial charge in [-0.1, -0.05) is 42.1 Å². The second kappa shape index (κ2) is 9.94. The highest BCUT2D eigenvalue weighted by Crippen LogP contribution is 2.41. The molecule has 0 spiro atoms. The van der Waals surface area contributed by atoms with Gasteiger partial charge >= 0.3 is 5.97 Å². The zero-order chi connectivity index (χ0) is 23.4. The van der Waals surface area contributed by atoms with E-state index in [1.54, 1.807) is 29.2 Å². The molecule has 2 atom stereocenters. The maximum Gasteiger partial charge on any atom is 0.329 e. The Hall–Kier alpha value is -2.89. The van der Waals surface area contributed by atoms with Crippen LogP contribution < -0.4 is 9.64 Å². The summed E-state index contributed by atoms with van der Waals surface area (Å²) in [6, 6.07) is 16.6. The van der Waals surface area contributed by atoms with Gasteiger partial charge in [0.05, 0.1) is 17.5 Å². The molecule has 2 aliphatic rings. The van der Waals surface area contributed by atoms with Crippen molar-refractivity contribution in [3.63, 3.8) is 0 Å². The monoisotopic (exact) mass is 490 g/mol. The van der Waals surface area contributed by atoms with Crippen molar-refractivity contribution < 1.29 is 32.6 Å². The molecule has 2 aliphatic heterocycles. The van der Waals surface area contributed by atoms with Gasteiger partial charge in [0.15, 0.2) is 15.0 Å². The SMILES string of the molecule is O=C(O)COCC(=O)N=C1S[C@@H]2CS(=O)(=O)C[C@H]2N1c1ccc(OCc2ccccc2)cc1. The molecule has 2 aromatic carbocycles. The third-order valence-corrected chi connectivity index (χ3v) is 8.31. The van der Waals surface area contributed by atoms with Crippen LogP contribution in [0.2, 0.25) is 0 Å². The van der Waals surface area contributed by atoms with Crippen molar-refractivity contribution in [3.05, 3.63) is 60.2 Å². The lowest BCUT2D eigenvalue weighted by molar-refractivity contribution is -0.143. The Balaban J connectivity index is 1.50. The van der Waals surface area contributed by atoms with Crippen LogP contribution in [0.4, 0.5) is 5.69 Å². The molecule has 33 heavy (non-hydrogen) atoms. The summed E-state index contributed by atoms with van der Waals surface area (Å²) < 4.78 is 35.0. The van der Waals surface area contributed by atoms with Gasteiger partial charge in [0.2, 0.25) is 0 Å². The fourth-order valence-corrected chi connectivity index (χ4v) is 7.61. The molecule has 0 saturated carbocycles. The number of ether oxygens (including phenoxy) is 2. The first-order valence-electron chi connectivity index (χ1n) is 10.1. The molecule has 4 rings (SSSR count). The lowest BCUT2D eigenvalue weighted by atomic mass is 10.2. The summed E-state index contributed by atoms with van der Waals surface area (Å²) in [6.45, 7) is -0.647. The summed E-state index contributed by atoms with van der Waals surface area (Å²) in [5, 5.41) is 8.77. The third-order valence-electron chi connectivity index (χ3n) is 5.10. The Morgan fingerprint density at radius 2 is 1.79 bits per heavy atom. The third kappa shape index (κ3) is 5.92. The van der Waals surface area contributed by atoms with E-state index in [1.807, 2.05) is 30.3 Å². The predicted molar refractivity (Wildman–Crippen MR) is 124 cm³/mol. The van der Waals surface area contributed by atoms with Crippen molar-refractivity contribution in [1.82, 2.24) is 0 Å². The smallest absolute Gasteiger partial charge is 0.329 e. The average Bonchev–Trinajstić information content (AvgIpc) is 3.23. The Labute approximate surface area is 195 Å². The molecule has 2 aromatic rings. The number of fused-ring (bicyclic) bond motifs is 1. The van der Waals surface area contributed by atoms with Crippen molar-refractivity contribution in [3.8, 4) is 5.75 Å². The number of sulfone groups is 1. The highest BCUT2D eigenvalue weighted by molar-refractivity contribution is 8.16. The first-order chi connectivity index (χ1) is 15.8. The van der Waals surface area contributed by atoms with Gasteiger partial charge in [-0.05, 0) is 29.8 Å². The number of aliphatic carboxylic acids is 1. The number of carboxylic acids is 1. The van der Waals surface area contributed by atoms with E-state index in [2.05, 4.69) is 4.99 Å². The number of aliphatic imine (C=N–C) groups is 1. The van der Waals surface area contributed by atoms with E-state index in [1.165, 1.54) is 11.8 Å². The topological polar surface area (TPSA) is 123 Å². The Bertz CT molecular complexity index is 1150. The van der Waals surface area contributed by atoms with Crippen LogP contribution in [-0.4, -0.2) is 66.6 Å². The van der Waals surface area contributed by atoms with Gasteiger partial charge in [0, 0.05) is 10.9 Å². The van der Waals surface area contributed by atoms with E-state index in [-0.39, 0.29) is 22.8 Å². The van der Waals surface area contributed by atoms with Gasteiger partial charge < -0.3 is 19.5 Å². The van der Waals surface area contributed by atoms with Gasteiger partial charge in [-0.25, -0.2) is 13.2 Å². The molecule has 0 unspecified atom stereocenters. The zero-order valence-corrected chi connectivity index (χ0v) is 19.1. The van der Waals surface area contributed by atoms with Gasteiger partial charge in [0.1, 0.15) is 25.6 Å². The molecule has 2 fully saturated rings. The van der Waals surface area contributed by atoms with Crippen LogP contribution >= 0.6 is 11.8 Å². The van der Waals surface area contributed by atoms with Crippen LogP contribution in [0.1, 0.15) is 5.56 Å². The molecule has 0 radical (unpaired) electrons. The van der Waals surface area contributed by atoms with E-state index in [0.717, 1.165) is 5.56 Å². The highest BCUT2D eigenvalue weighted by Gasteiger charge is 2.49. The molecule has 0 aliphatic carbocycles. The van der Waals surface area contributed by atoms with E-state index in [0.29, 0.717) is 23.2 Å². The van der Waals surface area contributed by atoms with Crippen molar-refractivity contribution in [2.75, 3.05) is 29.6 Å². The van der Waals surface area contributed by atoms with Crippen LogP contribution in [0.15, 0.2) is 59.6 Å². The average molecular weight is 491 g/mol. The standard InChI is InChI=1S/C22H22N2O7S2/c25-20(11-30-12-21(26)27)23-22-24(18-13-33(28,29)14-19(18)32-22)16-6-8-17(9-7-16)31-10-15-4-2-1-3-5-15/h1-9,18-19H,10-14H2,(H,26,27)/t18-,19-/m1/s1. The second-order valence-electron chi connectivity index (χ2n) is 7.61. The lowest BCUT2D eigenvalue weighted by Crippen LogP contribution is -2.37. The molecular formula is C22H22N2O7S2. The Morgan fingerprint density at radius 1 is 1.06 bits per heavy atom. The summed E-state index contributed by atoms with van der Waals surface area (Å²) >= 11 is 1.24. The van der Waals surface area contributed by atoms with Crippen molar-refractivity contribution in [2.45, 2.75) is 17.9 Å². The molecule has 9 nitrogen and oxygen atoms in total. The largest absolute Gasteiger partial charge is 0.489 e. The summed E-state index contributed by atoms with van der Waals surface area (Å²) in [4.78, 5) is 28.6. The first-order valence-corrected chi connectivity index (χ1v) is 12.8.